The quantitative estimate of drug-likeness (QED) is 0.765. The standard InChI is InChI=1S/C12H25N3O/c1-9(2)11(13)12(16)15(4)10-6-5-7-14(3)8-10/h9-11H,5-8,13H2,1-4H3. The summed E-state index contributed by atoms with van der Waals surface area (Å²) in [5.41, 5.74) is 5.90. The summed E-state index contributed by atoms with van der Waals surface area (Å²) < 4.78 is 0. The maximum atomic E-state index is 12.1. The Labute approximate surface area is 98.8 Å². The van der Waals surface area contributed by atoms with Crippen molar-refractivity contribution in [1.82, 2.24) is 9.80 Å². The molecule has 0 aliphatic carbocycles. The van der Waals surface area contributed by atoms with Crippen molar-refractivity contribution in [3.05, 3.63) is 0 Å². The lowest BCUT2D eigenvalue weighted by molar-refractivity contribution is -0.135. The van der Waals surface area contributed by atoms with E-state index in [-0.39, 0.29) is 17.9 Å². The molecule has 1 saturated heterocycles. The molecule has 0 radical (unpaired) electrons. The summed E-state index contributed by atoms with van der Waals surface area (Å²) in [6.45, 7) is 6.08. The number of hydrogen-bond donors (Lipinski definition) is 1. The molecule has 0 bridgehead atoms. The molecule has 4 heteroatoms. The minimum atomic E-state index is -0.364. The van der Waals surface area contributed by atoms with Crippen molar-refractivity contribution in [3.8, 4) is 0 Å². The van der Waals surface area contributed by atoms with Crippen LogP contribution in [0.3, 0.4) is 0 Å². The van der Waals surface area contributed by atoms with E-state index >= 15 is 0 Å². The lowest BCUT2D eigenvalue weighted by Gasteiger charge is -2.37. The van der Waals surface area contributed by atoms with Crippen molar-refractivity contribution < 1.29 is 4.79 Å². The topological polar surface area (TPSA) is 49.6 Å². The minimum Gasteiger partial charge on any atom is -0.340 e. The fourth-order valence-electron chi connectivity index (χ4n) is 2.16. The van der Waals surface area contributed by atoms with Crippen molar-refractivity contribution in [3.63, 3.8) is 0 Å². The highest BCUT2D eigenvalue weighted by Crippen LogP contribution is 2.15. The maximum absolute atomic E-state index is 12.1. The molecule has 1 heterocycles. The van der Waals surface area contributed by atoms with E-state index in [0.717, 1.165) is 25.9 Å². The minimum absolute atomic E-state index is 0.0790. The molecule has 1 aliphatic rings. The van der Waals surface area contributed by atoms with E-state index in [9.17, 15) is 4.79 Å². The third-order valence-corrected chi connectivity index (χ3v) is 3.50. The van der Waals surface area contributed by atoms with Crippen LogP contribution in [-0.2, 0) is 4.79 Å². The Hall–Kier alpha value is -0.610. The zero-order valence-electron chi connectivity index (χ0n) is 10.9. The molecule has 1 rings (SSSR count). The largest absolute Gasteiger partial charge is 0.340 e. The van der Waals surface area contributed by atoms with Crippen LogP contribution < -0.4 is 5.73 Å². The van der Waals surface area contributed by atoms with Crippen LogP contribution >= 0.6 is 0 Å². The zero-order valence-corrected chi connectivity index (χ0v) is 10.9. The van der Waals surface area contributed by atoms with Gasteiger partial charge in [-0.15, -0.1) is 0 Å². The fourth-order valence-corrected chi connectivity index (χ4v) is 2.16. The molecule has 2 atom stereocenters. The number of nitrogens with two attached hydrogens (primary N) is 1. The maximum Gasteiger partial charge on any atom is 0.239 e. The van der Waals surface area contributed by atoms with Gasteiger partial charge in [0.1, 0.15) is 0 Å². The number of likely N-dealkylation sites (tertiary alicyclic amines) is 1. The van der Waals surface area contributed by atoms with Gasteiger partial charge in [-0.2, -0.15) is 0 Å². The van der Waals surface area contributed by atoms with Crippen LogP contribution in [0.15, 0.2) is 0 Å². The number of amides is 1. The molecule has 4 nitrogen and oxygen atoms in total. The Morgan fingerprint density at radius 2 is 2.12 bits per heavy atom. The second-order valence-electron chi connectivity index (χ2n) is 5.28. The van der Waals surface area contributed by atoms with Gasteiger partial charge in [-0.25, -0.2) is 0 Å². The zero-order chi connectivity index (χ0) is 12.3. The summed E-state index contributed by atoms with van der Waals surface area (Å²) in [6, 6.07) is -0.0340. The summed E-state index contributed by atoms with van der Waals surface area (Å²) in [5.74, 6) is 0.284. The molecule has 16 heavy (non-hydrogen) atoms. The van der Waals surface area contributed by atoms with Crippen molar-refractivity contribution in [2.45, 2.75) is 38.8 Å². The van der Waals surface area contributed by atoms with Gasteiger partial charge >= 0.3 is 0 Å². The average molecular weight is 227 g/mol. The number of hydrogen-bond acceptors (Lipinski definition) is 3. The van der Waals surface area contributed by atoms with Crippen LogP contribution in [0, 0.1) is 5.92 Å². The van der Waals surface area contributed by atoms with Crippen LogP contribution in [0.25, 0.3) is 0 Å². The van der Waals surface area contributed by atoms with Gasteiger partial charge in [-0.05, 0) is 32.4 Å². The molecule has 1 aliphatic heterocycles. The van der Waals surface area contributed by atoms with E-state index in [1.165, 1.54) is 0 Å². The van der Waals surface area contributed by atoms with E-state index in [2.05, 4.69) is 11.9 Å². The van der Waals surface area contributed by atoms with E-state index < -0.39 is 0 Å². The van der Waals surface area contributed by atoms with Crippen LogP contribution in [0.1, 0.15) is 26.7 Å². The average Bonchev–Trinajstić information content (AvgIpc) is 2.26. The SMILES string of the molecule is CC(C)C(N)C(=O)N(C)C1CCCN(C)C1. The lowest BCUT2D eigenvalue weighted by atomic mass is 10.0. The normalized spacial score (nSPS) is 24.5. The van der Waals surface area contributed by atoms with E-state index in [0.29, 0.717) is 6.04 Å². The molecule has 94 valence electrons. The summed E-state index contributed by atoms with van der Waals surface area (Å²) in [6.07, 6.45) is 2.26. The molecule has 1 amide bonds. The second kappa shape index (κ2) is 5.64. The highest BCUT2D eigenvalue weighted by Gasteiger charge is 2.28. The van der Waals surface area contributed by atoms with Crippen molar-refractivity contribution in [2.24, 2.45) is 11.7 Å². The number of carbonyl (C=O) groups excluding carboxylic acids is 1. The number of likely N-dealkylation sites (N-methyl/N-ethyl adjacent to an activating group) is 2. The highest BCUT2D eigenvalue weighted by molar-refractivity contribution is 5.82. The predicted molar refractivity (Wildman–Crippen MR) is 66.1 cm³/mol. The molecule has 0 saturated carbocycles. The van der Waals surface area contributed by atoms with Crippen molar-refractivity contribution >= 4 is 5.91 Å². The van der Waals surface area contributed by atoms with Gasteiger partial charge in [0.15, 0.2) is 0 Å². The van der Waals surface area contributed by atoms with Gasteiger partial charge in [-0.3, -0.25) is 4.79 Å². The van der Waals surface area contributed by atoms with Crippen LogP contribution in [0.2, 0.25) is 0 Å². The Bertz CT molecular complexity index is 242. The van der Waals surface area contributed by atoms with Crippen LogP contribution in [-0.4, -0.2) is 55.0 Å². The first kappa shape index (κ1) is 13.5. The Kier molecular flexibility index (Phi) is 4.74. The summed E-state index contributed by atoms with van der Waals surface area (Å²) in [4.78, 5) is 16.2. The summed E-state index contributed by atoms with van der Waals surface area (Å²) >= 11 is 0. The van der Waals surface area contributed by atoms with Gasteiger partial charge in [0.2, 0.25) is 5.91 Å². The van der Waals surface area contributed by atoms with Crippen molar-refractivity contribution in [1.29, 1.82) is 0 Å². The molecule has 0 aromatic carbocycles. The molecule has 0 aromatic heterocycles. The van der Waals surface area contributed by atoms with Gasteiger partial charge in [0.05, 0.1) is 6.04 Å². The van der Waals surface area contributed by atoms with Crippen LogP contribution in [0.5, 0.6) is 0 Å². The Morgan fingerprint density at radius 1 is 1.50 bits per heavy atom. The molecular formula is C12H25N3O. The fraction of sp³-hybridized carbons (Fsp3) is 0.917. The number of rotatable bonds is 3. The first-order chi connectivity index (χ1) is 7.43. The predicted octanol–water partition coefficient (Wildman–Crippen LogP) is 0.522. The monoisotopic (exact) mass is 227 g/mol. The number of nitrogens with zero attached hydrogens (tertiary/aromatic N) is 2. The van der Waals surface area contributed by atoms with Gasteiger partial charge in [0, 0.05) is 19.6 Å². The Morgan fingerprint density at radius 3 is 2.62 bits per heavy atom. The molecule has 2 unspecified atom stereocenters. The number of carbonyl (C=O) groups is 1. The van der Waals surface area contributed by atoms with E-state index in [4.69, 9.17) is 5.73 Å². The third kappa shape index (κ3) is 3.19. The molecule has 0 spiro atoms. The molecule has 0 aromatic rings. The highest BCUT2D eigenvalue weighted by atomic mass is 16.2. The van der Waals surface area contributed by atoms with E-state index in [1.807, 2.05) is 25.8 Å². The molecular weight excluding hydrogens is 202 g/mol. The smallest absolute Gasteiger partial charge is 0.239 e. The van der Waals surface area contributed by atoms with Gasteiger partial charge in [0.25, 0.3) is 0 Å². The first-order valence-corrected chi connectivity index (χ1v) is 6.14. The second-order valence-corrected chi connectivity index (χ2v) is 5.28. The van der Waals surface area contributed by atoms with Gasteiger partial charge in [-0.1, -0.05) is 13.8 Å². The third-order valence-electron chi connectivity index (χ3n) is 3.50. The van der Waals surface area contributed by atoms with Crippen LogP contribution in [0.4, 0.5) is 0 Å². The molecule has 1 fully saturated rings. The Balaban J connectivity index is 2.55. The summed E-state index contributed by atoms with van der Waals surface area (Å²) in [5, 5.41) is 0. The lowest BCUT2D eigenvalue weighted by Crippen LogP contribution is -2.53. The van der Waals surface area contributed by atoms with Crippen molar-refractivity contribution in [2.75, 3.05) is 27.2 Å². The first-order valence-electron chi connectivity index (χ1n) is 6.14. The van der Waals surface area contributed by atoms with Gasteiger partial charge < -0.3 is 15.5 Å². The summed E-state index contributed by atoms with van der Waals surface area (Å²) in [7, 11) is 3.99. The number of piperidine rings is 1. The van der Waals surface area contributed by atoms with E-state index in [1.54, 1.807) is 0 Å². The molecule has 2 N–H and O–H groups in total.